The third kappa shape index (κ3) is 4.24. The van der Waals surface area contributed by atoms with Crippen molar-refractivity contribution in [3.8, 4) is 11.4 Å². The van der Waals surface area contributed by atoms with Gasteiger partial charge in [0.05, 0.1) is 0 Å². The fraction of sp³-hybridized carbons (Fsp3) is 0.375. The summed E-state index contributed by atoms with van der Waals surface area (Å²) >= 11 is 3.44. The summed E-state index contributed by atoms with van der Waals surface area (Å²) in [5.41, 5.74) is 1.64. The van der Waals surface area contributed by atoms with Crippen molar-refractivity contribution in [2.24, 2.45) is 0 Å². The lowest BCUT2D eigenvalue weighted by molar-refractivity contribution is 0.628. The second kappa shape index (κ2) is 7.50. The first-order valence-corrected chi connectivity index (χ1v) is 8.00. The number of nitrogens with one attached hydrogen (secondary N) is 1. The molecule has 0 amide bonds. The Morgan fingerprint density at radius 1 is 1.14 bits per heavy atom. The van der Waals surface area contributed by atoms with Crippen LogP contribution in [0.15, 0.2) is 28.7 Å². The lowest BCUT2D eigenvalue weighted by Crippen LogP contribution is -2.06. The predicted octanol–water partition coefficient (Wildman–Crippen LogP) is 4.82. The maximum atomic E-state index is 13.5. The second-order valence-electron chi connectivity index (χ2n) is 4.87. The highest BCUT2D eigenvalue weighted by Gasteiger charge is 2.11. The molecule has 0 saturated carbocycles. The summed E-state index contributed by atoms with van der Waals surface area (Å²) in [6.45, 7) is 5.07. The molecule has 0 atom stereocenters. The Balaban J connectivity index is 2.45. The van der Waals surface area contributed by atoms with Crippen LogP contribution in [0.2, 0.25) is 0 Å². The number of rotatable bonds is 6. The molecule has 2 rings (SSSR count). The number of halogens is 2. The number of aryl methyl sites for hydroxylation is 1. The quantitative estimate of drug-likeness (QED) is 0.810. The molecule has 1 N–H and O–H groups in total. The van der Waals surface area contributed by atoms with Gasteiger partial charge in [0.15, 0.2) is 5.82 Å². The van der Waals surface area contributed by atoms with Crippen molar-refractivity contribution < 1.29 is 4.39 Å². The maximum absolute atomic E-state index is 13.5. The van der Waals surface area contributed by atoms with Crippen LogP contribution < -0.4 is 5.32 Å². The van der Waals surface area contributed by atoms with E-state index in [0.717, 1.165) is 41.8 Å². The fourth-order valence-corrected chi connectivity index (χ4v) is 2.44. The molecule has 0 radical (unpaired) electrons. The number of anilines is 1. The summed E-state index contributed by atoms with van der Waals surface area (Å²) in [4.78, 5) is 9.06. The van der Waals surface area contributed by atoms with E-state index in [0.29, 0.717) is 11.4 Å². The predicted molar refractivity (Wildman–Crippen MR) is 87.9 cm³/mol. The molecule has 0 aliphatic heterocycles. The monoisotopic (exact) mass is 351 g/mol. The number of hydrogen-bond acceptors (Lipinski definition) is 3. The molecule has 112 valence electrons. The Bertz CT molecular complexity index is 616. The van der Waals surface area contributed by atoms with Gasteiger partial charge in [-0.1, -0.05) is 36.2 Å². The van der Waals surface area contributed by atoms with Crippen LogP contribution in [0.1, 0.15) is 32.4 Å². The van der Waals surface area contributed by atoms with Crippen LogP contribution in [0, 0.1) is 5.82 Å². The topological polar surface area (TPSA) is 37.8 Å². The molecule has 0 aliphatic rings. The summed E-state index contributed by atoms with van der Waals surface area (Å²) in [5, 5.41) is 3.28. The van der Waals surface area contributed by atoms with E-state index in [-0.39, 0.29) is 5.82 Å². The van der Waals surface area contributed by atoms with E-state index >= 15 is 0 Å². The van der Waals surface area contributed by atoms with Crippen molar-refractivity contribution in [2.45, 2.75) is 33.1 Å². The summed E-state index contributed by atoms with van der Waals surface area (Å²) in [7, 11) is 0. The van der Waals surface area contributed by atoms with E-state index < -0.39 is 0 Å². The normalized spacial score (nSPS) is 10.7. The van der Waals surface area contributed by atoms with Crippen molar-refractivity contribution in [1.29, 1.82) is 0 Å². The first-order chi connectivity index (χ1) is 10.1. The molecule has 3 nitrogen and oxygen atoms in total. The summed E-state index contributed by atoms with van der Waals surface area (Å²) in [6, 6.07) is 6.52. The minimum Gasteiger partial charge on any atom is -0.370 e. The highest BCUT2D eigenvalue weighted by Crippen LogP contribution is 2.27. The van der Waals surface area contributed by atoms with Crippen molar-refractivity contribution in [2.75, 3.05) is 11.9 Å². The van der Waals surface area contributed by atoms with Crippen LogP contribution in [0.5, 0.6) is 0 Å². The Morgan fingerprint density at radius 2 is 1.95 bits per heavy atom. The molecule has 2 aromatic rings. The van der Waals surface area contributed by atoms with E-state index in [2.05, 4.69) is 45.1 Å². The van der Waals surface area contributed by atoms with Gasteiger partial charge in [-0.15, -0.1) is 0 Å². The number of hydrogen-bond donors (Lipinski definition) is 1. The van der Waals surface area contributed by atoms with Gasteiger partial charge in [-0.25, -0.2) is 14.4 Å². The molecule has 1 aromatic heterocycles. The molecule has 1 heterocycles. The van der Waals surface area contributed by atoms with Crippen molar-refractivity contribution in [1.82, 2.24) is 9.97 Å². The summed E-state index contributed by atoms with van der Waals surface area (Å²) in [6.07, 6.45) is 2.91. The molecule has 0 saturated heterocycles. The first kappa shape index (κ1) is 15.9. The van der Waals surface area contributed by atoms with E-state index in [1.54, 1.807) is 6.07 Å². The molecule has 0 bridgehead atoms. The van der Waals surface area contributed by atoms with E-state index in [9.17, 15) is 4.39 Å². The Morgan fingerprint density at radius 3 is 2.67 bits per heavy atom. The number of benzene rings is 1. The molecular weight excluding hydrogens is 333 g/mol. The summed E-state index contributed by atoms with van der Waals surface area (Å²) < 4.78 is 14.3. The minimum atomic E-state index is -0.291. The van der Waals surface area contributed by atoms with Crippen LogP contribution in [0.4, 0.5) is 10.2 Å². The van der Waals surface area contributed by atoms with E-state index in [1.165, 1.54) is 12.1 Å². The molecule has 0 unspecified atom stereocenters. The van der Waals surface area contributed by atoms with E-state index in [4.69, 9.17) is 0 Å². The Kier molecular flexibility index (Phi) is 5.67. The lowest BCUT2D eigenvalue weighted by atomic mass is 10.2. The van der Waals surface area contributed by atoms with Gasteiger partial charge in [0.1, 0.15) is 11.6 Å². The van der Waals surface area contributed by atoms with Crippen LogP contribution in [0.25, 0.3) is 11.4 Å². The van der Waals surface area contributed by atoms with Gasteiger partial charge in [-0.2, -0.15) is 0 Å². The Hall–Kier alpha value is -1.49. The smallest absolute Gasteiger partial charge is 0.163 e. The van der Waals surface area contributed by atoms with Crippen LogP contribution in [-0.4, -0.2) is 16.5 Å². The summed E-state index contributed by atoms with van der Waals surface area (Å²) in [5.74, 6) is 1.05. The van der Waals surface area contributed by atoms with Gasteiger partial charge in [0, 0.05) is 28.3 Å². The second-order valence-corrected chi connectivity index (χ2v) is 5.72. The number of nitrogens with zero attached hydrogens (tertiary/aromatic N) is 2. The van der Waals surface area contributed by atoms with Crippen LogP contribution in [0.3, 0.4) is 0 Å². The largest absolute Gasteiger partial charge is 0.370 e. The zero-order valence-corrected chi connectivity index (χ0v) is 13.9. The van der Waals surface area contributed by atoms with Crippen LogP contribution in [-0.2, 0) is 6.42 Å². The molecule has 5 heteroatoms. The average molecular weight is 352 g/mol. The molecule has 0 aliphatic carbocycles. The van der Waals surface area contributed by atoms with Gasteiger partial charge < -0.3 is 5.32 Å². The zero-order chi connectivity index (χ0) is 15.2. The average Bonchev–Trinajstić information content (AvgIpc) is 2.48. The fourth-order valence-electron chi connectivity index (χ4n) is 2.01. The van der Waals surface area contributed by atoms with E-state index in [1.807, 2.05) is 6.07 Å². The molecule has 1 aromatic carbocycles. The van der Waals surface area contributed by atoms with Crippen molar-refractivity contribution in [3.05, 3.63) is 40.2 Å². The lowest BCUT2D eigenvalue weighted by Gasteiger charge is -2.10. The molecule has 0 spiro atoms. The highest BCUT2D eigenvalue weighted by atomic mass is 79.9. The van der Waals surface area contributed by atoms with Gasteiger partial charge in [-0.05, 0) is 31.0 Å². The van der Waals surface area contributed by atoms with Gasteiger partial charge in [0.2, 0.25) is 0 Å². The molecule has 0 fully saturated rings. The minimum absolute atomic E-state index is 0.291. The van der Waals surface area contributed by atoms with Crippen molar-refractivity contribution >= 4 is 21.7 Å². The molecular formula is C16H19BrFN3. The Labute approximate surface area is 133 Å². The maximum Gasteiger partial charge on any atom is 0.163 e. The first-order valence-electron chi connectivity index (χ1n) is 7.21. The number of aromatic nitrogens is 2. The zero-order valence-electron chi connectivity index (χ0n) is 12.3. The SMILES string of the molecule is CCCNc1cc(CCC)nc(-c2cc(F)ccc2Br)n1. The third-order valence-corrected chi connectivity index (χ3v) is 3.70. The third-order valence-electron chi connectivity index (χ3n) is 3.01. The van der Waals surface area contributed by atoms with Gasteiger partial charge in [0.25, 0.3) is 0 Å². The van der Waals surface area contributed by atoms with Crippen LogP contribution >= 0.6 is 15.9 Å². The van der Waals surface area contributed by atoms with Gasteiger partial charge in [-0.3, -0.25) is 0 Å². The van der Waals surface area contributed by atoms with Gasteiger partial charge >= 0.3 is 0 Å². The molecule has 21 heavy (non-hydrogen) atoms. The standard InChI is InChI=1S/C16H19BrFN3/c1-3-5-12-10-15(19-8-4-2)21-16(20-12)13-9-11(18)6-7-14(13)17/h6-7,9-10H,3-5,8H2,1-2H3,(H,19,20,21). The highest BCUT2D eigenvalue weighted by molar-refractivity contribution is 9.10. The van der Waals surface area contributed by atoms with Crippen molar-refractivity contribution in [3.63, 3.8) is 0 Å².